The van der Waals surface area contributed by atoms with E-state index >= 15 is 0 Å². The van der Waals surface area contributed by atoms with Crippen molar-refractivity contribution in [3.63, 3.8) is 0 Å². The largest absolute Gasteiger partial charge is 0.508 e. The fourth-order valence-electron chi connectivity index (χ4n) is 1.61. The number of aromatic hydroxyl groups is 2. The minimum Gasteiger partial charge on any atom is -0.508 e. The Morgan fingerprint density at radius 2 is 0.952 bits per heavy atom. The van der Waals surface area contributed by atoms with Crippen molar-refractivity contribution in [2.45, 2.75) is 48.0 Å². The first-order valence-electron chi connectivity index (χ1n) is 7.34. The second kappa shape index (κ2) is 9.87. The number of phenols is 2. The molecule has 0 aliphatic heterocycles. The van der Waals surface area contributed by atoms with Crippen molar-refractivity contribution < 1.29 is 10.2 Å². The predicted octanol–water partition coefficient (Wildman–Crippen LogP) is 5.43. The van der Waals surface area contributed by atoms with E-state index in [1.165, 1.54) is 17.5 Å². The number of phenolic OH excluding ortho intramolecular Hbond substituents is 2. The standard InChI is InChI=1S/2C8H10O.C3H8/c2*1-6-3-4-8(9)7(2)5-6;1-3-2/h2*3-5,9H,1-2H3;3H2,1-2H3. The Balaban J connectivity index is 0.000000322. The zero-order valence-corrected chi connectivity index (χ0v) is 14.1. The van der Waals surface area contributed by atoms with Crippen LogP contribution in [-0.2, 0) is 0 Å². The Kier molecular flexibility index (Phi) is 8.95. The van der Waals surface area contributed by atoms with Gasteiger partial charge in [-0.15, -0.1) is 0 Å². The molecule has 2 N–H and O–H groups in total. The molecule has 116 valence electrons. The second-order valence-corrected chi connectivity index (χ2v) is 5.29. The van der Waals surface area contributed by atoms with Gasteiger partial charge in [-0.05, 0) is 51.0 Å². The molecule has 0 saturated heterocycles. The fraction of sp³-hybridized carbons (Fsp3) is 0.368. The molecule has 0 heterocycles. The van der Waals surface area contributed by atoms with Gasteiger partial charge < -0.3 is 10.2 Å². The van der Waals surface area contributed by atoms with E-state index in [4.69, 9.17) is 10.2 Å². The lowest BCUT2D eigenvalue weighted by Gasteiger charge is -1.97. The van der Waals surface area contributed by atoms with Gasteiger partial charge in [0.1, 0.15) is 11.5 Å². The third kappa shape index (κ3) is 8.03. The molecular formula is C19H28O2. The van der Waals surface area contributed by atoms with Crippen LogP contribution in [0.3, 0.4) is 0 Å². The lowest BCUT2D eigenvalue weighted by Crippen LogP contribution is -1.75. The summed E-state index contributed by atoms with van der Waals surface area (Å²) in [4.78, 5) is 0. The zero-order chi connectivity index (χ0) is 16.4. The van der Waals surface area contributed by atoms with Gasteiger partial charge in [0.25, 0.3) is 0 Å². The Hall–Kier alpha value is -1.96. The quantitative estimate of drug-likeness (QED) is 0.678. The van der Waals surface area contributed by atoms with Crippen molar-refractivity contribution in [2.75, 3.05) is 0 Å². The van der Waals surface area contributed by atoms with E-state index in [1.54, 1.807) is 12.1 Å². The van der Waals surface area contributed by atoms with Crippen LogP contribution < -0.4 is 0 Å². The van der Waals surface area contributed by atoms with Crippen LogP contribution in [0, 0.1) is 27.7 Å². The second-order valence-electron chi connectivity index (χ2n) is 5.29. The highest BCUT2D eigenvalue weighted by molar-refractivity contribution is 5.34. The van der Waals surface area contributed by atoms with Gasteiger partial charge in [0, 0.05) is 0 Å². The zero-order valence-electron chi connectivity index (χ0n) is 14.1. The lowest BCUT2D eigenvalue weighted by atomic mass is 10.1. The van der Waals surface area contributed by atoms with Gasteiger partial charge >= 0.3 is 0 Å². The molecule has 0 aromatic heterocycles. The first-order valence-corrected chi connectivity index (χ1v) is 7.34. The Bertz CT molecular complexity index is 496. The van der Waals surface area contributed by atoms with Gasteiger partial charge in [-0.25, -0.2) is 0 Å². The molecule has 0 aliphatic rings. The maximum Gasteiger partial charge on any atom is 0.118 e. The van der Waals surface area contributed by atoms with Gasteiger partial charge in [-0.1, -0.05) is 55.7 Å². The molecule has 0 spiro atoms. The van der Waals surface area contributed by atoms with Crippen LogP contribution in [0.5, 0.6) is 11.5 Å². The molecule has 21 heavy (non-hydrogen) atoms. The summed E-state index contributed by atoms with van der Waals surface area (Å²) in [5, 5.41) is 18.1. The molecule has 2 aromatic carbocycles. The molecule has 0 radical (unpaired) electrons. The SMILES string of the molecule is CCC.Cc1ccc(O)c(C)c1.Cc1ccc(O)c(C)c1. The van der Waals surface area contributed by atoms with Gasteiger partial charge in [-0.2, -0.15) is 0 Å². The maximum absolute atomic E-state index is 9.04. The minimum atomic E-state index is 0.376. The Morgan fingerprint density at radius 1 is 0.667 bits per heavy atom. The van der Waals surface area contributed by atoms with Gasteiger partial charge in [0.05, 0.1) is 0 Å². The highest BCUT2D eigenvalue weighted by atomic mass is 16.3. The molecule has 0 bridgehead atoms. The number of aryl methyl sites for hydroxylation is 4. The topological polar surface area (TPSA) is 40.5 Å². The Morgan fingerprint density at radius 3 is 1.14 bits per heavy atom. The van der Waals surface area contributed by atoms with Crippen LogP contribution in [0.2, 0.25) is 0 Å². The molecule has 0 atom stereocenters. The summed E-state index contributed by atoms with van der Waals surface area (Å²) < 4.78 is 0. The maximum atomic E-state index is 9.04. The van der Waals surface area contributed by atoms with Crippen molar-refractivity contribution in [3.8, 4) is 11.5 Å². The average Bonchev–Trinajstić information content (AvgIpc) is 2.41. The van der Waals surface area contributed by atoms with E-state index in [9.17, 15) is 0 Å². The summed E-state index contributed by atoms with van der Waals surface area (Å²) in [5.74, 6) is 0.751. The number of benzene rings is 2. The summed E-state index contributed by atoms with van der Waals surface area (Å²) >= 11 is 0. The van der Waals surface area contributed by atoms with E-state index < -0.39 is 0 Å². The van der Waals surface area contributed by atoms with Crippen LogP contribution in [-0.4, -0.2) is 10.2 Å². The summed E-state index contributed by atoms with van der Waals surface area (Å²) in [7, 11) is 0. The third-order valence-electron chi connectivity index (χ3n) is 2.70. The van der Waals surface area contributed by atoms with Crippen LogP contribution >= 0.6 is 0 Å². The van der Waals surface area contributed by atoms with Crippen molar-refractivity contribution in [2.24, 2.45) is 0 Å². The van der Waals surface area contributed by atoms with Gasteiger partial charge in [0.15, 0.2) is 0 Å². The summed E-state index contributed by atoms with van der Waals surface area (Å²) in [6, 6.07) is 11.1. The minimum absolute atomic E-state index is 0.376. The number of hydrogen-bond acceptors (Lipinski definition) is 2. The van der Waals surface area contributed by atoms with E-state index in [2.05, 4.69) is 13.8 Å². The van der Waals surface area contributed by atoms with Crippen LogP contribution in [0.25, 0.3) is 0 Å². The fourth-order valence-corrected chi connectivity index (χ4v) is 1.61. The van der Waals surface area contributed by atoms with E-state index in [0.717, 1.165) is 11.1 Å². The Labute approximate surface area is 129 Å². The first-order chi connectivity index (χ1) is 9.81. The molecule has 2 heteroatoms. The first kappa shape index (κ1) is 19.0. The molecule has 0 amide bonds. The van der Waals surface area contributed by atoms with Crippen molar-refractivity contribution in [1.82, 2.24) is 0 Å². The summed E-state index contributed by atoms with van der Waals surface area (Å²) in [6.07, 6.45) is 1.25. The number of hydrogen-bond donors (Lipinski definition) is 2. The van der Waals surface area contributed by atoms with E-state index in [1.807, 2.05) is 52.0 Å². The molecule has 0 unspecified atom stereocenters. The van der Waals surface area contributed by atoms with Crippen LogP contribution in [0.4, 0.5) is 0 Å². The molecule has 2 aromatic rings. The molecule has 2 rings (SSSR count). The molecule has 0 fully saturated rings. The molecule has 0 aliphatic carbocycles. The third-order valence-corrected chi connectivity index (χ3v) is 2.70. The smallest absolute Gasteiger partial charge is 0.118 e. The van der Waals surface area contributed by atoms with Gasteiger partial charge in [0.2, 0.25) is 0 Å². The van der Waals surface area contributed by atoms with Gasteiger partial charge in [-0.3, -0.25) is 0 Å². The van der Waals surface area contributed by atoms with Crippen molar-refractivity contribution >= 4 is 0 Å². The normalized spacial score (nSPS) is 9.05. The highest BCUT2D eigenvalue weighted by Gasteiger charge is 1.92. The van der Waals surface area contributed by atoms with E-state index in [-0.39, 0.29) is 0 Å². The van der Waals surface area contributed by atoms with Crippen LogP contribution in [0.1, 0.15) is 42.5 Å². The summed E-state index contributed by atoms with van der Waals surface area (Å²) in [5.41, 5.74) is 4.25. The molecule has 2 nitrogen and oxygen atoms in total. The van der Waals surface area contributed by atoms with Crippen molar-refractivity contribution in [3.05, 3.63) is 58.7 Å². The average molecular weight is 288 g/mol. The summed E-state index contributed by atoms with van der Waals surface area (Å²) in [6.45, 7) is 12.0. The highest BCUT2D eigenvalue weighted by Crippen LogP contribution is 2.16. The van der Waals surface area contributed by atoms with Crippen LogP contribution in [0.15, 0.2) is 36.4 Å². The molecular weight excluding hydrogens is 260 g/mol. The molecule has 0 saturated carbocycles. The number of rotatable bonds is 0. The van der Waals surface area contributed by atoms with Crippen molar-refractivity contribution in [1.29, 1.82) is 0 Å². The monoisotopic (exact) mass is 288 g/mol. The lowest BCUT2D eigenvalue weighted by molar-refractivity contribution is 0.470. The van der Waals surface area contributed by atoms with E-state index in [0.29, 0.717) is 11.5 Å². The predicted molar refractivity (Wildman–Crippen MR) is 91.1 cm³/mol.